The minimum atomic E-state index is -0.0199. The number of benzene rings is 1. The summed E-state index contributed by atoms with van der Waals surface area (Å²) in [5, 5.41) is 10.6. The summed E-state index contributed by atoms with van der Waals surface area (Å²) < 4.78 is 2.13. The molecule has 2 atom stereocenters. The average molecular weight is 364 g/mol. The summed E-state index contributed by atoms with van der Waals surface area (Å²) in [4.78, 5) is 18.8. The van der Waals surface area contributed by atoms with E-state index in [1.165, 1.54) is 5.69 Å². The molecule has 3 aromatic rings. The SMILES string of the molecule is CC(=O)N[C@@H]1CN(Cc2cccn2C)C[C@H]1c1nc(-c2ccccc2)n[nH]1. The second-order valence-electron chi connectivity index (χ2n) is 7.13. The first-order valence-electron chi connectivity index (χ1n) is 9.17. The molecule has 0 radical (unpaired) electrons. The fraction of sp³-hybridized carbons (Fsp3) is 0.350. The Morgan fingerprint density at radius 1 is 1.22 bits per heavy atom. The van der Waals surface area contributed by atoms with Crippen LogP contribution < -0.4 is 5.32 Å². The number of aromatic amines is 1. The highest BCUT2D eigenvalue weighted by atomic mass is 16.1. The molecule has 1 saturated heterocycles. The van der Waals surface area contributed by atoms with Crippen LogP contribution in [-0.2, 0) is 18.4 Å². The van der Waals surface area contributed by atoms with Crippen LogP contribution in [0.25, 0.3) is 11.4 Å². The predicted octanol–water partition coefficient (Wildman–Crippen LogP) is 1.91. The molecule has 27 heavy (non-hydrogen) atoms. The lowest BCUT2D eigenvalue weighted by Crippen LogP contribution is -2.38. The Bertz CT molecular complexity index is 915. The molecule has 0 spiro atoms. The molecule has 0 saturated carbocycles. The topological polar surface area (TPSA) is 78.8 Å². The molecule has 4 rings (SSSR count). The lowest BCUT2D eigenvalue weighted by atomic mass is 10.0. The third-order valence-electron chi connectivity index (χ3n) is 5.11. The Morgan fingerprint density at radius 3 is 2.74 bits per heavy atom. The van der Waals surface area contributed by atoms with E-state index >= 15 is 0 Å². The minimum Gasteiger partial charge on any atom is -0.353 e. The highest BCUT2D eigenvalue weighted by molar-refractivity contribution is 5.73. The number of carbonyl (C=O) groups excluding carboxylic acids is 1. The Balaban J connectivity index is 1.55. The van der Waals surface area contributed by atoms with Crippen molar-refractivity contribution in [3.63, 3.8) is 0 Å². The Hall–Kier alpha value is -2.93. The van der Waals surface area contributed by atoms with Crippen molar-refractivity contribution in [2.75, 3.05) is 13.1 Å². The number of carbonyl (C=O) groups is 1. The summed E-state index contributed by atoms with van der Waals surface area (Å²) >= 11 is 0. The Kier molecular flexibility index (Phi) is 4.77. The lowest BCUT2D eigenvalue weighted by molar-refractivity contribution is -0.119. The summed E-state index contributed by atoms with van der Waals surface area (Å²) in [5.74, 6) is 1.57. The molecular weight excluding hydrogens is 340 g/mol. The molecule has 0 bridgehead atoms. The van der Waals surface area contributed by atoms with Crippen molar-refractivity contribution in [3.05, 3.63) is 60.2 Å². The molecule has 0 unspecified atom stereocenters. The molecule has 2 aromatic heterocycles. The molecule has 1 aromatic carbocycles. The number of nitrogens with zero attached hydrogens (tertiary/aromatic N) is 4. The van der Waals surface area contributed by atoms with Crippen molar-refractivity contribution in [3.8, 4) is 11.4 Å². The van der Waals surface area contributed by atoms with Crippen LogP contribution in [-0.4, -0.2) is 49.7 Å². The van der Waals surface area contributed by atoms with Gasteiger partial charge in [-0.1, -0.05) is 30.3 Å². The van der Waals surface area contributed by atoms with Gasteiger partial charge in [0.1, 0.15) is 5.82 Å². The number of aryl methyl sites for hydroxylation is 1. The van der Waals surface area contributed by atoms with Gasteiger partial charge in [0.05, 0.1) is 12.0 Å². The molecule has 1 aliphatic rings. The van der Waals surface area contributed by atoms with E-state index in [0.29, 0.717) is 5.82 Å². The third kappa shape index (κ3) is 3.78. The maximum absolute atomic E-state index is 11.7. The number of rotatable bonds is 5. The number of hydrogen-bond donors (Lipinski definition) is 2. The highest BCUT2D eigenvalue weighted by Gasteiger charge is 2.36. The molecule has 2 N–H and O–H groups in total. The fourth-order valence-electron chi connectivity index (χ4n) is 3.75. The maximum atomic E-state index is 11.7. The van der Waals surface area contributed by atoms with E-state index < -0.39 is 0 Å². The Morgan fingerprint density at radius 2 is 2.04 bits per heavy atom. The monoisotopic (exact) mass is 364 g/mol. The van der Waals surface area contributed by atoms with Crippen molar-refractivity contribution in [1.82, 2.24) is 30.0 Å². The summed E-state index contributed by atoms with van der Waals surface area (Å²) in [6.45, 7) is 4.01. The standard InChI is InChI=1S/C20H24N6O/c1-14(27)21-18-13-26(11-16-9-6-10-25(16)2)12-17(18)20-22-19(23-24-20)15-7-4-3-5-8-15/h3-10,17-18H,11-13H2,1-2H3,(H,21,27)(H,22,23,24)/t17-,18-/m1/s1. The summed E-state index contributed by atoms with van der Waals surface area (Å²) in [6, 6.07) is 14.1. The molecule has 0 aliphatic carbocycles. The van der Waals surface area contributed by atoms with E-state index in [1.807, 2.05) is 30.3 Å². The number of hydrogen-bond acceptors (Lipinski definition) is 4. The van der Waals surface area contributed by atoms with Gasteiger partial charge in [-0.25, -0.2) is 4.98 Å². The van der Waals surface area contributed by atoms with Crippen LogP contribution in [0.15, 0.2) is 48.7 Å². The van der Waals surface area contributed by atoms with Gasteiger partial charge >= 0.3 is 0 Å². The van der Waals surface area contributed by atoms with Gasteiger partial charge < -0.3 is 9.88 Å². The lowest BCUT2D eigenvalue weighted by Gasteiger charge is -2.17. The Labute approximate surface area is 158 Å². The second kappa shape index (κ2) is 7.36. The van der Waals surface area contributed by atoms with E-state index in [9.17, 15) is 4.79 Å². The highest BCUT2D eigenvalue weighted by Crippen LogP contribution is 2.28. The van der Waals surface area contributed by atoms with E-state index in [1.54, 1.807) is 6.92 Å². The van der Waals surface area contributed by atoms with Gasteiger partial charge in [-0.05, 0) is 12.1 Å². The van der Waals surface area contributed by atoms with Crippen LogP contribution >= 0.6 is 0 Å². The molecule has 3 heterocycles. The zero-order valence-electron chi connectivity index (χ0n) is 15.6. The van der Waals surface area contributed by atoms with Crippen LogP contribution in [0.5, 0.6) is 0 Å². The largest absolute Gasteiger partial charge is 0.353 e. The van der Waals surface area contributed by atoms with Crippen LogP contribution in [0, 0.1) is 0 Å². The van der Waals surface area contributed by atoms with Gasteiger partial charge in [0, 0.05) is 51.1 Å². The first kappa shape index (κ1) is 17.5. The van der Waals surface area contributed by atoms with Crippen LogP contribution in [0.2, 0.25) is 0 Å². The first-order chi connectivity index (χ1) is 13.1. The molecule has 7 heteroatoms. The normalized spacial score (nSPS) is 20.1. The number of H-pyrrole nitrogens is 1. The number of nitrogens with one attached hydrogen (secondary N) is 2. The van der Waals surface area contributed by atoms with Gasteiger partial charge in [-0.2, -0.15) is 5.10 Å². The van der Waals surface area contributed by atoms with Gasteiger partial charge in [0.15, 0.2) is 5.82 Å². The van der Waals surface area contributed by atoms with Crippen LogP contribution in [0.4, 0.5) is 0 Å². The van der Waals surface area contributed by atoms with Crippen LogP contribution in [0.3, 0.4) is 0 Å². The summed E-state index contributed by atoms with van der Waals surface area (Å²) in [6.07, 6.45) is 2.05. The van der Waals surface area contributed by atoms with E-state index in [0.717, 1.165) is 31.0 Å². The summed E-state index contributed by atoms with van der Waals surface area (Å²) in [7, 11) is 2.05. The number of amides is 1. The average Bonchev–Trinajstić information content (AvgIpc) is 3.37. The summed E-state index contributed by atoms with van der Waals surface area (Å²) in [5.41, 5.74) is 2.23. The van der Waals surface area contributed by atoms with Crippen molar-refractivity contribution in [1.29, 1.82) is 0 Å². The second-order valence-corrected chi connectivity index (χ2v) is 7.13. The molecular formula is C20H24N6O. The van der Waals surface area contributed by atoms with Crippen molar-refractivity contribution < 1.29 is 4.79 Å². The quantitative estimate of drug-likeness (QED) is 0.725. The molecule has 1 fully saturated rings. The van der Waals surface area contributed by atoms with Crippen LogP contribution in [0.1, 0.15) is 24.4 Å². The molecule has 1 amide bonds. The van der Waals surface area contributed by atoms with Gasteiger partial charge in [0.2, 0.25) is 5.91 Å². The predicted molar refractivity (Wildman–Crippen MR) is 103 cm³/mol. The van der Waals surface area contributed by atoms with E-state index in [2.05, 4.69) is 50.4 Å². The first-order valence-corrected chi connectivity index (χ1v) is 9.17. The third-order valence-corrected chi connectivity index (χ3v) is 5.11. The molecule has 140 valence electrons. The smallest absolute Gasteiger partial charge is 0.217 e. The van der Waals surface area contributed by atoms with Gasteiger partial charge in [-0.3, -0.25) is 14.8 Å². The fourth-order valence-corrected chi connectivity index (χ4v) is 3.75. The maximum Gasteiger partial charge on any atom is 0.217 e. The van der Waals surface area contributed by atoms with E-state index in [-0.39, 0.29) is 17.9 Å². The number of likely N-dealkylation sites (tertiary alicyclic amines) is 1. The minimum absolute atomic E-state index is 0.0133. The number of aromatic nitrogens is 4. The van der Waals surface area contributed by atoms with Crippen molar-refractivity contribution in [2.45, 2.75) is 25.4 Å². The van der Waals surface area contributed by atoms with Crippen molar-refractivity contribution in [2.24, 2.45) is 7.05 Å². The zero-order chi connectivity index (χ0) is 18.8. The zero-order valence-corrected chi connectivity index (χ0v) is 15.6. The van der Waals surface area contributed by atoms with Crippen molar-refractivity contribution >= 4 is 5.91 Å². The molecule has 1 aliphatic heterocycles. The molecule has 7 nitrogen and oxygen atoms in total. The van der Waals surface area contributed by atoms with Gasteiger partial charge in [0.25, 0.3) is 0 Å². The van der Waals surface area contributed by atoms with E-state index in [4.69, 9.17) is 4.98 Å². The van der Waals surface area contributed by atoms with Gasteiger partial charge in [-0.15, -0.1) is 0 Å².